The normalized spacial score (nSPS) is 16.1. The van der Waals surface area contributed by atoms with Gasteiger partial charge in [0.2, 0.25) is 0 Å². The van der Waals surface area contributed by atoms with Crippen LogP contribution in [0.15, 0.2) is 48.3 Å². The van der Waals surface area contributed by atoms with E-state index < -0.39 is 0 Å². The molecule has 0 saturated carbocycles. The number of rotatable bonds is 1. The summed E-state index contributed by atoms with van der Waals surface area (Å²) in [5.74, 6) is 0.147. The lowest BCUT2D eigenvalue weighted by atomic mass is 10.1. The van der Waals surface area contributed by atoms with E-state index in [-0.39, 0.29) is 5.78 Å². The molecular formula is C16H13NO. The summed E-state index contributed by atoms with van der Waals surface area (Å²) in [7, 11) is 0. The maximum Gasteiger partial charge on any atom is 0.189 e. The van der Waals surface area contributed by atoms with Gasteiger partial charge in [-0.1, -0.05) is 29.8 Å². The average molecular weight is 235 g/mol. The van der Waals surface area contributed by atoms with Crippen LogP contribution in [0.3, 0.4) is 0 Å². The number of nitrogens with zero attached hydrogens (tertiary/aromatic N) is 1. The predicted octanol–water partition coefficient (Wildman–Crippen LogP) is 3.21. The zero-order chi connectivity index (χ0) is 12.5. The van der Waals surface area contributed by atoms with Gasteiger partial charge in [0, 0.05) is 30.0 Å². The van der Waals surface area contributed by atoms with Crippen LogP contribution < -0.4 is 0 Å². The number of ketones is 1. The largest absolute Gasteiger partial charge is 0.289 e. The number of Topliss-reactive ketones (excluding diaryl/α,β-unsaturated/α-hetero) is 1. The van der Waals surface area contributed by atoms with E-state index >= 15 is 0 Å². The van der Waals surface area contributed by atoms with Gasteiger partial charge in [0.25, 0.3) is 0 Å². The van der Waals surface area contributed by atoms with Crippen molar-refractivity contribution in [1.82, 2.24) is 4.98 Å². The molecule has 0 radical (unpaired) electrons. The molecular weight excluding hydrogens is 222 g/mol. The predicted molar refractivity (Wildman–Crippen MR) is 71.4 cm³/mol. The molecule has 88 valence electrons. The van der Waals surface area contributed by atoms with Crippen molar-refractivity contribution in [1.29, 1.82) is 0 Å². The minimum atomic E-state index is 0.147. The topological polar surface area (TPSA) is 30.0 Å². The van der Waals surface area contributed by atoms with Crippen LogP contribution in [-0.4, -0.2) is 10.8 Å². The molecule has 1 aliphatic carbocycles. The van der Waals surface area contributed by atoms with Crippen molar-refractivity contribution in [3.05, 3.63) is 70.6 Å². The van der Waals surface area contributed by atoms with E-state index in [2.05, 4.69) is 11.1 Å². The number of benzene rings is 1. The summed E-state index contributed by atoms with van der Waals surface area (Å²) in [5, 5.41) is 0. The zero-order valence-electron chi connectivity index (χ0n) is 10.2. The number of fused-ring (bicyclic) bond motifs is 1. The van der Waals surface area contributed by atoms with E-state index in [1.54, 1.807) is 12.4 Å². The van der Waals surface area contributed by atoms with Gasteiger partial charge in [-0.15, -0.1) is 0 Å². The van der Waals surface area contributed by atoms with Gasteiger partial charge < -0.3 is 0 Å². The summed E-state index contributed by atoms with van der Waals surface area (Å²) in [4.78, 5) is 16.3. The third-order valence-electron chi connectivity index (χ3n) is 3.20. The highest BCUT2D eigenvalue weighted by Crippen LogP contribution is 2.28. The molecule has 1 aromatic carbocycles. The van der Waals surface area contributed by atoms with Crippen molar-refractivity contribution in [3.8, 4) is 0 Å². The molecule has 0 aliphatic heterocycles. The van der Waals surface area contributed by atoms with Crippen molar-refractivity contribution in [2.75, 3.05) is 0 Å². The van der Waals surface area contributed by atoms with Crippen LogP contribution in [0.2, 0.25) is 0 Å². The highest BCUT2D eigenvalue weighted by atomic mass is 16.1. The average Bonchev–Trinajstić information content (AvgIpc) is 2.67. The van der Waals surface area contributed by atoms with Crippen LogP contribution >= 0.6 is 0 Å². The summed E-state index contributed by atoms with van der Waals surface area (Å²) in [5.41, 5.74) is 5.00. The quantitative estimate of drug-likeness (QED) is 0.710. The Hall–Kier alpha value is -2.22. The molecule has 0 bridgehead atoms. The highest BCUT2D eigenvalue weighted by Gasteiger charge is 2.24. The van der Waals surface area contributed by atoms with Crippen molar-refractivity contribution < 1.29 is 4.79 Å². The van der Waals surface area contributed by atoms with Gasteiger partial charge in [0.15, 0.2) is 5.78 Å². The first-order valence-electron chi connectivity index (χ1n) is 5.99. The molecule has 1 aliphatic rings. The third-order valence-corrected chi connectivity index (χ3v) is 3.20. The molecule has 0 N–H and O–H groups in total. The van der Waals surface area contributed by atoms with Crippen LogP contribution in [0.4, 0.5) is 0 Å². The first kappa shape index (κ1) is 10.9. The van der Waals surface area contributed by atoms with Gasteiger partial charge >= 0.3 is 0 Å². The highest BCUT2D eigenvalue weighted by molar-refractivity contribution is 6.15. The fourth-order valence-electron chi connectivity index (χ4n) is 2.33. The van der Waals surface area contributed by atoms with Crippen LogP contribution in [0.5, 0.6) is 0 Å². The molecule has 1 heterocycles. The smallest absolute Gasteiger partial charge is 0.189 e. The van der Waals surface area contributed by atoms with E-state index in [0.717, 1.165) is 28.7 Å². The number of aryl methyl sites for hydroxylation is 1. The number of hydrogen-bond donors (Lipinski definition) is 0. The van der Waals surface area contributed by atoms with Crippen LogP contribution in [0.25, 0.3) is 6.08 Å². The minimum absolute atomic E-state index is 0.147. The van der Waals surface area contributed by atoms with E-state index in [1.807, 2.05) is 37.3 Å². The lowest BCUT2D eigenvalue weighted by Crippen LogP contribution is -1.95. The van der Waals surface area contributed by atoms with Gasteiger partial charge in [-0.3, -0.25) is 9.78 Å². The lowest BCUT2D eigenvalue weighted by Gasteiger charge is -1.96. The van der Waals surface area contributed by atoms with Crippen molar-refractivity contribution >= 4 is 11.9 Å². The fraction of sp³-hybridized carbons (Fsp3) is 0.125. The Kier molecular flexibility index (Phi) is 2.56. The molecule has 0 atom stereocenters. The van der Waals surface area contributed by atoms with E-state index in [0.29, 0.717) is 0 Å². The Balaban J connectivity index is 2.00. The SMILES string of the molecule is Cc1ccc2c(c1)C/C(=C\c1cccnc1)C2=O. The Morgan fingerprint density at radius 3 is 2.94 bits per heavy atom. The van der Waals surface area contributed by atoms with E-state index in [4.69, 9.17) is 0 Å². The minimum Gasteiger partial charge on any atom is -0.289 e. The number of allylic oxidation sites excluding steroid dienone is 1. The molecule has 2 nitrogen and oxygen atoms in total. The number of carbonyl (C=O) groups excluding carboxylic acids is 1. The summed E-state index contributed by atoms with van der Waals surface area (Å²) in [6.07, 6.45) is 6.17. The summed E-state index contributed by atoms with van der Waals surface area (Å²) < 4.78 is 0. The number of pyridine rings is 1. The van der Waals surface area contributed by atoms with Gasteiger partial charge in [-0.25, -0.2) is 0 Å². The molecule has 0 fully saturated rings. The van der Waals surface area contributed by atoms with Crippen LogP contribution in [0, 0.1) is 6.92 Å². The van der Waals surface area contributed by atoms with Crippen LogP contribution in [0.1, 0.15) is 27.0 Å². The molecule has 0 spiro atoms. The second-order valence-electron chi connectivity index (χ2n) is 4.62. The number of hydrogen-bond acceptors (Lipinski definition) is 2. The third kappa shape index (κ3) is 1.86. The summed E-state index contributed by atoms with van der Waals surface area (Å²) in [6, 6.07) is 9.85. The lowest BCUT2D eigenvalue weighted by molar-refractivity contribution is 0.104. The Morgan fingerprint density at radius 1 is 1.28 bits per heavy atom. The Morgan fingerprint density at radius 2 is 2.17 bits per heavy atom. The van der Waals surface area contributed by atoms with Crippen molar-refractivity contribution in [2.45, 2.75) is 13.3 Å². The molecule has 0 unspecified atom stereocenters. The van der Waals surface area contributed by atoms with Crippen molar-refractivity contribution in [2.24, 2.45) is 0 Å². The first-order chi connectivity index (χ1) is 8.74. The summed E-state index contributed by atoms with van der Waals surface area (Å²) in [6.45, 7) is 2.05. The monoisotopic (exact) mass is 235 g/mol. The first-order valence-corrected chi connectivity index (χ1v) is 5.99. The maximum absolute atomic E-state index is 12.2. The molecule has 0 amide bonds. The van der Waals surface area contributed by atoms with Crippen molar-refractivity contribution in [3.63, 3.8) is 0 Å². The molecule has 2 aromatic rings. The fourth-order valence-corrected chi connectivity index (χ4v) is 2.33. The Labute approximate surface area is 106 Å². The summed E-state index contributed by atoms with van der Waals surface area (Å²) >= 11 is 0. The van der Waals surface area contributed by atoms with Gasteiger partial charge in [0.05, 0.1) is 0 Å². The molecule has 1 aromatic heterocycles. The van der Waals surface area contributed by atoms with E-state index in [1.165, 1.54) is 5.56 Å². The number of carbonyl (C=O) groups is 1. The van der Waals surface area contributed by atoms with Gasteiger partial charge in [-0.2, -0.15) is 0 Å². The van der Waals surface area contributed by atoms with Crippen LogP contribution in [-0.2, 0) is 6.42 Å². The molecule has 2 heteroatoms. The maximum atomic E-state index is 12.2. The van der Waals surface area contributed by atoms with Gasteiger partial charge in [0.1, 0.15) is 0 Å². The molecule has 18 heavy (non-hydrogen) atoms. The zero-order valence-corrected chi connectivity index (χ0v) is 10.2. The molecule has 3 rings (SSSR count). The second kappa shape index (κ2) is 4.22. The second-order valence-corrected chi connectivity index (χ2v) is 4.62. The van der Waals surface area contributed by atoms with Gasteiger partial charge in [-0.05, 0) is 30.2 Å². The standard InChI is InChI=1S/C16H13NO/c1-11-4-5-15-13(7-11)9-14(16(15)18)8-12-3-2-6-17-10-12/h2-8,10H,9H2,1H3/b14-8+. The van der Waals surface area contributed by atoms with E-state index in [9.17, 15) is 4.79 Å². The number of aromatic nitrogens is 1. The Bertz CT molecular complexity index is 641. The molecule has 0 saturated heterocycles.